The summed E-state index contributed by atoms with van der Waals surface area (Å²) in [4.78, 5) is 0. The van der Waals surface area contributed by atoms with Gasteiger partial charge in [-0.25, -0.2) is 0 Å². The van der Waals surface area contributed by atoms with E-state index in [4.69, 9.17) is 19.8 Å². The lowest BCUT2D eigenvalue weighted by Gasteiger charge is -2.12. The summed E-state index contributed by atoms with van der Waals surface area (Å²) < 4.78 is 94.0. The van der Waals surface area contributed by atoms with Crippen LogP contribution in [0.3, 0.4) is 0 Å². The maximum absolute atomic E-state index is 10.3. The molecule has 0 aromatic heterocycles. The fourth-order valence-electron chi connectivity index (χ4n) is 2.76. The number of ether oxygens (including phenoxy) is 1. The fourth-order valence-corrected chi connectivity index (χ4v) is 2.76. The summed E-state index contributed by atoms with van der Waals surface area (Å²) in [6, 6.07) is 4.79. The molecular formula is C25H38NO4+. The highest BCUT2D eigenvalue weighted by Gasteiger charge is 2.11. The number of rotatable bonds is 16. The van der Waals surface area contributed by atoms with Gasteiger partial charge in [-0.2, -0.15) is 0 Å². The van der Waals surface area contributed by atoms with Gasteiger partial charge in [0.15, 0.2) is 0 Å². The summed E-state index contributed by atoms with van der Waals surface area (Å²) in [5, 5.41) is 31.1. The van der Waals surface area contributed by atoms with Gasteiger partial charge in [0.25, 0.3) is 0 Å². The van der Waals surface area contributed by atoms with Gasteiger partial charge in [0.1, 0.15) is 18.4 Å². The van der Waals surface area contributed by atoms with Gasteiger partial charge in [-0.05, 0) is 61.6 Å². The van der Waals surface area contributed by atoms with E-state index in [1.54, 1.807) is 12.1 Å². The van der Waals surface area contributed by atoms with Gasteiger partial charge < -0.3 is 25.4 Å². The van der Waals surface area contributed by atoms with Crippen molar-refractivity contribution in [2.75, 3.05) is 26.3 Å². The molecule has 2 aromatic carbocycles. The van der Waals surface area contributed by atoms with Crippen LogP contribution >= 0.6 is 0 Å². The molecular weight excluding hydrogens is 378 g/mol. The normalized spacial score (nSPS) is 19.5. The van der Waals surface area contributed by atoms with E-state index in [0.29, 0.717) is 37.1 Å². The topological polar surface area (TPSA) is 86.5 Å². The number of benzene rings is 2. The molecule has 30 heavy (non-hydrogen) atoms. The average Bonchev–Trinajstić information content (AvgIpc) is 2.86. The Morgan fingerprint density at radius 3 is 2.70 bits per heavy atom. The van der Waals surface area contributed by atoms with E-state index in [1.165, 1.54) is 6.07 Å². The van der Waals surface area contributed by atoms with Crippen LogP contribution in [0.2, 0.25) is 0 Å². The second kappa shape index (κ2) is 15.0. The molecule has 5 nitrogen and oxygen atoms in total. The van der Waals surface area contributed by atoms with E-state index in [9.17, 15) is 15.3 Å². The van der Waals surface area contributed by atoms with Gasteiger partial charge in [0, 0.05) is 27.0 Å². The van der Waals surface area contributed by atoms with Crippen LogP contribution in [0.4, 0.5) is 0 Å². The smallest absolute Gasteiger partial charge is 0.128 e. The van der Waals surface area contributed by atoms with Crippen molar-refractivity contribution in [1.82, 2.24) is 0 Å². The SMILES string of the molecule is [2H]c1cc([2H])c(C([2H])([2H])C([2H])([2H])C([2H])([2H])C([2H])([2H])OCCCCCC[NH2+]CC(O)c2ccc(O)c(CO)c2)c([2H])c1. The third-order valence-electron chi connectivity index (χ3n) is 4.43. The quantitative estimate of drug-likeness (QED) is 0.310. The Morgan fingerprint density at radius 2 is 1.90 bits per heavy atom. The molecule has 5 N–H and O–H groups in total. The van der Waals surface area contributed by atoms with E-state index in [0.717, 1.165) is 25.0 Å². The minimum atomic E-state index is -3.56. The van der Waals surface area contributed by atoms with E-state index in [-0.39, 0.29) is 25.0 Å². The molecule has 0 saturated heterocycles. The molecule has 0 heterocycles. The van der Waals surface area contributed by atoms with E-state index in [1.807, 2.05) is 5.32 Å². The highest BCUT2D eigenvalue weighted by Crippen LogP contribution is 2.21. The van der Waals surface area contributed by atoms with Crippen LogP contribution in [-0.4, -0.2) is 41.6 Å². The van der Waals surface area contributed by atoms with Gasteiger partial charge >= 0.3 is 0 Å². The van der Waals surface area contributed by atoms with Crippen LogP contribution in [0.25, 0.3) is 0 Å². The average molecular weight is 428 g/mol. The lowest BCUT2D eigenvalue weighted by Crippen LogP contribution is -2.85. The van der Waals surface area contributed by atoms with Crippen LogP contribution < -0.4 is 5.32 Å². The Labute approximate surface area is 196 Å². The predicted molar refractivity (Wildman–Crippen MR) is 119 cm³/mol. The minimum Gasteiger partial charge on any atom is -0.508 e. The standard InChI is InChI=1S/C25H37NO4/c27-20-23-18-22(13-14-24(23)28)25(29)19-26-15-7-1-2-8-16-30-17-9-6-12-21-10-4-3-5-11-21/h3-5,10-11,13-14,18,25-29H,1-2,6-9,12,15-17,19-20H2/p+1/i3D,6D2,9D2,10D,11D,12D2,17D2. The molecule has 2 aromatic rings. The second-order valence-corrected chi connectivity index (χ2v) is 6.73. The van der Waals surface area contributed by atoms with Crippen molar-refractivity contribution in [3.8, 4) is 5.75 Å². The monoisotopic (exact) mass is 427 g/mol. The highest BCUT2D eigenvalue weighted by molar-refractivity contribution is 5.36. The maximum Gasteiger partial charge on any atom is 0.128 e. The largest absolute Gasteiger partial charge is 0.508 e. The number of quaternary nitrogens is 1. The van der Waals surface area contributed by atoms with Crippen LogP contribution in [-0.2, 0) is 17.7 Å². The fraction of sp³-hybridized carbons (Fsp3) is 0.520. The van der Waals surface area contributed by atoms with Crippen LogP contribution in [0.1, 0.15) is 76.3 Å². The van der Waals surface area contributed by atoms with Crippen LogP contribution in [0, 0.1) is 0 Å². The number of nitrogens with two attached hydrogens (primary N) is 1. The third kappa shape index (κ3) is 9.72. The molecule has 2 rings (SSSR count). The molecule has 0 aliphatic carbocycles. The number of aromatic hydroxyl groups is 1. The molecule has 0 spiro atoms. The summed E-state index contributed by atoms with van der Waals surface area (Å²) in [7, 11) is 0. The number of hydrogen-bond donors (Lipinski definition) is 4. The lowest BCUT2D eigenvalue weighted by atomic mass is 10.1. The van der Waals surface area contributed by atoms with Crippen LogP contribution in [0.15, 0.2) is 48.5 Å². The molecule has 0 aliphatic rings. The van der Waals surface area contributed by atoms with Crippen molar-refractivity contribution in [3.05, 3.63) is 65.1 Å². The Kier molecular flexibility index (Phi) is 6.40. The molecule has 0 bridgehead atoms. The van der Waals surface area contributed by atoms with E-state index in [2.05, 4.69) is 0 Å². The second-order valence-electron chi connectivity index (χ2n) is 6.73. The number of aliphatic hydroxyl groups excluding tert-OH is 2. The number of aliphatic hydroxyl groups is 2. The molecule has 0 fully saturated rings. The van der Waals surface area contributed by atoms with Crippen molar-refractivity contribution in [2.24, 2.45) is 0 Å². The van der Waals surface area contributed by atoms with Gasteiger partial charge in [-0.15, -0.1) is 0 Å². The summed E-state index contributed by atoms with van der Waals surface area (Å²) in [5.41, 5.74) is 0.137. The number of phenols is 1. The molecule has 0 amide bonds. The van der Waals surface area contributed by atoms with Gasteiger partial charge in [-0.1, -0.05) is 42.7 Å². The van der Waals surface area contributed by atoms with Crippen molar-refractivity contribution in [3.63, 3.8) is 0 Å². The summed E-state index contributed by atoms with van der Waals surface area (Å²) in [6.45, 7) is -2.75. The first-order valence-electron chi connectivity index (χ1n) is 15.6. The lowest BCUT2D eigenvalue weighted by molar-refractivity contribution is -0.662. The van der Waals surface area contributed by atoms with Crippen LogP contribution in [0.5, 0.6) is 5.75 Å². The third-order valence-corrected chi connectivity index (χ3v) is 4.43. The van der Waals surface area contributed by atoms with E-state index < -0.39 is 49.4 Å². The predicted octanol–water partition coefficient (Wildman–Crippen LogP) is 3.08. The zero-order valence-corrected chi connectivity index (χ0v) is 16.9. The molecule has 1 unspecified atom stereocenters. The minimum absolute atomic E-state index is 0.0400. The molecule has 166 valence electrons. The van der Waals surface area contributed by atoms with Crippen molar-refractivity contribution in [1.29, 1.82) is 0 Å². The summed E-state index contributed by atoms with van der Waals surface area (Å²) in [6.07, 6.45) is -8.71. The zero-order chi connectivity index (χ0) is 31.2. The first kappa shape index (κ1) is 12.8. The number of hydrogen-bond acceptors (Lipinski definition) is 4. The Hall–Kier alpha value is -1.92. The zero-order valence-electron chi connectivity index (χ0n) is 27.9. The van der Waals surface area contributed by atoms with Gasteiger partial charge in [0.05, 0.1) is 20.0 Å². The Bertz CT molecular complexity index is 1140. The Balaban J connectivity index is 1.83. The van der Waals surface area contributed by atoms with Gasteiger partial charge in [-0.3, -0.25) is 0 Å². The van der Waals surface area contributed by atoms with Crippen molar-refractivity contribution in [2.45, 2.75) is 57.5 Å². The molecule has 1 atom stereocenters. The maximum atomic E-state index is 10.3. The van der Waals surface area contributed by atoms with Crippen molar-refractivity contribution >= 4 is 0 Å². The Morgan fingerprint density at radius 1 is 1.10 bits per heavy atom. The molecule has 5 heteroatoms. The molecule has 0 radical (unpaired) electrons. The van der Waals surface area contributed by atoms with Crippen molar-refractivity contribution < 1.29 is 40.5 Å². The highest BCUT2D eigenvalue weighted by atomic mass is 16.5. The van der Waals surface area contributed by atoms with E-state index >= 15 is 0 Å². The summed E-state index contributed by atoms with van der Waals surface area (Å²) >= 11 is 0. The first-order chi connectivity index (χ1) is 18.9. The number of unbranched alkanes of at least 4 members (excludes halogenated alkanes) is 3. The van der Waals surface area contributed by atoms with Gasteiger partial charge in [0.2, 0.25) is 0 Å². The molecule has 0 saturated carbocycles. The first-order valence-corrected chi connectivity index (χ1v) is 10.1. The summed E-state index contributed by atoms with van der Waals surface area (Å²) in [5.74, 6) is -0.0400. The molecule has 0 aliphatic heterocycles.